The number of carbonyl (C=O) groups excluding carboxylic acids is 1. The van der Waals surface area contributed by atoms with E-state index in [1.165, 1.54) is 63.5 Å². The van der Waals surface area contributed by atoms with Crippen molar-refractivity contribution < 1.29 is 19.4 Å². The lowest BCUT2D eigenvalue weighted by atomic mass is 10.1. The van der Waals surface area contributed by atoms with Gasteiger partial charge in [-0.3, -0.25) is 0 Å². The van der Waals surface area contributed by atoms with E-state index in [1.807, 2.05) is 0 Å². The number of aromatic carboxylic acids is 1. The maximum atomic E-state index is 11.7. The molecule has 1 rings (SSSR count). The van der Waals surface area contributed by atoms with Crippen LogP contribution in [-0.4, -0.2) is 23.7 Å². The van der Waals surface area contributed by atoms with Gasteiger partial charge in [-0.1, -0.05) is 64.7 Å². The van der Waals surface area contributed by atoms with Gasteiger partial charge in [0.1, 0.15) is 9.75 Å². The van der Waals surface area contributed by atoms with Gasteiger partial charge in [0.2, 0.25) is 0 Å². The minimum Gasteiger partial charge on any atom is -0.477 e. The van der Waals surface area contributed by atoms with Crippen LogP contribution in [0.3, 0.4) is 0 Å². The number of hydrogen-bond donors (Lipinski definition) is 1. The lowest BCUT2D eigenvalue weighted by molar-refractivity contribution is 0.0503. The van der Waals surface area contributed by atoms with Crippen molar-refractivity contribution in [3.63, 3.8) is 0 Å². The Hall–Kier alpha value is -1.36. The van der Waals surface area contributed by atoms with Crippen LogP contribution < -0.4 is 0 Å². The number of thiophene rings is 1. The van der Waals surface area contributed by atoms with Crippen molar-refractivity contribution in [1.82, 2.24) is 0 Å². The Morgan fingerprint density at radius 3 is 1.96 bits per heavy atom. The lowest BCUT2D eigenvalue weighted by Crippen LogP contribution is -2.04. The van der Waals surface area contributed by atoms with Crippen LogP contribution in [0.1, 0.15) is 90.5 Å². The molecule has 1 aromatic rings. The molecule has 0 fully saturated rings. The van der Waals surface area contributed by atoms with E-state index in [1.54, 1.807) is 0 Å². The molecule has 1 N–H and O–H groups in total. The van der Waals surface area contributed by atoms with Gasteiger partial charge in [-0.2, -0.15) is 0 Å². The van der Waals surface area contributed by atoms with E-state index in [4.69, 9.17) is 9.84 Å². The monoisotopic (exact) mass is 340 g/mol. The fourth-order valence-corrected chi connectivity index (χ4v) is 3.13. The lowest BCUT2D eigenvalue weighted by Gasteiger charge is -2.04. The molecule has 0 saturated heterocycles. The quantitative estimate of drug-likeness (QED) is 0.379. The number of esters is 1. The van der Waals surface area contributed by atoms with E-state index in [0.717, 1.165) is 24.2 Å². The number of carboxylic acids is 1. The minimum absolute atomic E-state index is 0.163. The maximum Gasteiger partial charge on any atom is 0.348 e. The molecule has 0 amide bonds. The fraction of sp³-hybridized carbons (Fsp3) is 0.667. The Morgan fingerprint density at radius 1 is 0.913 bits per heavy atom. The van der Waals surface area contributed by atoms with Crippen LogP contribution in [0.15, 0.2) is 12.1 Å². The maximum absolute atomic E-state index is 11.7. The van der Waals surface area contributed by atoms with Crippen molar-refractivity contribution in [2.75, 3.05) is 6.61 Å². The normalized spacial score (nSPS) is 10.7. The van der Waals surface area contributed by atoms with Crippen LogP contribution in [0.5, 0.6) is 0 Å². The standard InChI is InChI=1S/C18H28O4S/c1-2-3-4-5-6-7-8-9-10-11-14-22-18(21)16-13-12-15(23-16)17(19)20/h12-13H,2-11,14H2,1H3,(H,19,20). The van der Waals surface area contributed by atoms with Gasteiger partial charge in [-0.05, 0) is 18.6 Å². The topological polar surface area (TPSA) is 63.6 Å². The molecule has 0 aliphatic heterocycles. The zero-order chi connectivity index (χ0) is 16.9. The number of ether oxygens (including phenoxy) is 1. The molecule has 130 valence electrons. The molecule has 0 atom stereocenters. The van der Waals surface area contributed by atoms with Gasteiger partial charge in [0.25, 0.3) is 0 Å². The Morgan fingerprint density at radius 2 is 1.43 bits per heavy atom. The first kappa shape index (κ1) is 19.7. The Bertz CT molecular complexity index is 467. The number of carboxylic acid groups (broad SMARTS) is 1. The van der Waals surface area contributed by atoms with Gasteiger partial charge in [-0.25, -0.2) is 9.59 Å². The second-order valence-corrected chi connectivity index (χ2v) is 6.87. The molecule has 0 unspecified atom stereocenters. The molecule has 0 aliphatic rings. The molecule has 0 aromatic carbocycles. The summed E-state index contributed by atoms with van der Waals surface area (Å²) in [5, 5.41) is 8.82. The van der Waals surface area contributed by atoms with Crippen LogP contribution in [0.25, 0.3) is 0 Å². The molecule has 23 heavy (non-hydrogen) atoms. The van der Waals surface area contributed by atoms with E-state index in [0.29, 0.717) is 11.5 Å². The van der Waals surface area contributed by atoms with Crippen molar-refractivity contribution in [1.29, 1.82) is 0 Å². The summed E-state index contributed by atoms with van der Waals surface area (Å²) in [6.45, 7) is 2.64. The van der Waals surface area contributed by atoms with Gasteiger partial charge in [0, 0.05) is 0 Å². The Balaban J connectivity index is 1.98. The smallest absolute Gasteiger partial charge is 0.348 e. The highest BCUT2D eigenvalue weighted by Gasteiger charge is 2.13. The van der Waals surface area contributed by atoms with Gasteiger partial charge in [-0.15, -0.1) is 11.3 Å². The van der Waals surface area contributed by atoms with Crippen molar-refractivity contribution in [3.8, 4) is 0 Å². The summed E-state index contributed by atoms with van der Waals surface area (Å²) in [6, 6.07) is 2.94. The fourth-order valence-electron chi connectivity index (χ4n) is 2.39. The van der Waals surface area contributed by atoms with Crippen LogP contribution in [0.4, 0.5) is 0 Å². The van der Waals surface area contributed by atoms with E-state index in [2.05, 4.69) is 6.92 Å². The number of rotatable bonds is 13. The third kappa shape index (κ3) is 8.74. The molecular weight excluding hydrogens is 312 g/mol. The molecule has 0 saturated carbocycles. The minimum atomic E-state index is -1.01. The Labute approximate surface area is 142 Å². The molecule has 0 spiro atoms. The SMILES string of the molecule is CCCCCCCCCCCCOC(=O)c1ccc(C(=O)O)s1. The predicted octanol–water partition coefficient (Wildman–Crippen LogP) is 5.52. The van der Waals surface area contributed by atoms with Crippen molar-refractivity contribution in [2.45, 2.75) is 71.1 Å². The summed E-state index contributed by atoms with van der Waals surface area (Å²) < 4.78 is 5.17. The molecule has 5 heteroatoms. The van der Waals surface area contributed by atoms with E-state index in [-0.39, 0.29) is 4.88 Å². The van der Waals surface area contributed by atoms with E-state index >= 15 is 0 Å². The molecule has 4 nitrogen and oxygen atoms in total. The first-order chi connectivity index (χ1) is 11.1. The van der Waals surface area contributed by atoms with Crippen LogP contribution >= 0.6 is 11.3 Å². The second kappa shape index (κ2) is 12.1. The largest absolute Gasteiger partial charge is 0.477 e. The first-order valence-electron chi connectivity index (χ1n) is 8.65. The zero-order valence-electron chi connectivity index (χ0n) is 14.0. The summed E-state index contributed by atoms with van der Waals surface area (Å²) in [5.74, 6) is -1.43. The third-order valence-electron chi connectivity index (χ3n) is 3.75. The van der Waals surface area contributed by atoms with Gasteiger partial charge in [0.15, 0.2) is 0 Å². The highest BCUT2D eigenvalue weighted by atomic mass is 32.1. The van der Waals surface area contributed by atoms with Gasteiger partial charge >= 0.3 is 11.9 Å². The van der Waals surface area contributed by atoms with Crippen molar-refractivity contribution in [3.05, 3.63) is 21.9 Å². The Kier molecular flexibility index (Phi) is 10.4. The van der Waals surface area contributed by atoms with Crippen LogP contribution in [-0.2, 0) is 4.74 Å². The number of unbranched alkanes of at least 4 members (excludes halogenated alkanes) is 9. The molecule has 0 aliphatic carbocycles. The number of hydrogen-bond acceptors (Lipinski definition) is 4. The van der Waals surface area contributed by atoms with Crippen LogP contribution in [0, 0.1) is 0 Å². The second-order valence-electron chi connectivity index (χ2n) is 5.79. The molecule has 1 heterocycles. The molecule has 0 radical (unpaired) electrons. The van der Waals surface area contributed by atoms with Crippen LogP contribution in [0.2, 0.25) is 0 Å². The summed E-state index contributed by atoms with van der Waals surface area (Å²) in [6.07, 6.45) is 12.4. The highest BCUT2D eigenvalue weighted by molar-refractivity contribution is 7.15. The van der Waals surface area contributed by atoms with Gasteiger partial charge in [0.05, 0.1) is 6.61 Å². The average molecular weight is 340 g/mol. The summed E-state index contributed by atoms with van der Waals surface area (Å²) in [7, 11) is 0. The predicted molar refractivity (Wildman–Crippen MR) is 93.4 cm³/mol. The molecule has 1 aromatic heterocycles. The molecular formula is C18H28O4S. The summed E-state index contributed by atoms with van der Waals surface area (Å²) in [4.78, 5) is 23.0. The van der Waals surface area contributed by atoms with E-state index in [9.17, 15) is 9.59 Å². The third-order valence-corrected chi connectivity index (χ3v) is 4.80. The molecule has 0 bridgehead atoms. The first-order valence-corrected chi connectivity index (χ1v) is 9.47. The van der Waals surface area contributed by atoms with Gasteiger partial charge < -0.3 is 9.84 Å². The number of carbonyl (C=O) groups is 2. The van der Waals surface area contributed by atoms with Crippen molar-refractivity contribution >= 4 is 23.3 Å². The van der Waals surface area contributed by atoms with Crippen molar-refractivity contribution in [2.24, 2.45) is 0 Å². The summed E-state index contributed by atoms with van der Waals surface area (Å²) in [5.41, 5.74) is 0. The van der Waals surface area contributed by atoms with E-state index < -0.39 is 11.9 Å². The zero-order valence-corrected chi connectivity index (χ0v) is 14.8. The average Bonchev–Trinajstić information content (AvgIpc) is 3.02. The summed E-state index contributed by atoms with van der Waals surface area (Å²) >= 11 is 0.958. The highest BCUT2D eigenvalue weighted by Crippen LogP contribution is 2.17.